The zero-order valence-electron chi connectivity index (χ0n) is 6.98. The van der Waals surface area contributed by atoms with Gasteiger partial charge in [0.2, 0.25) is 0 Å². The summed E-state index contributed by atoms with van der Waals surface area (Å²) in [6.45, 7) is 0. The van der Waals surface area contributed by atoms with E-state index in [1.54, 1.807) is 6.07 Å². The first-order valence-corrected chi connectivity index (χ1v) is 4.23. The molecule has 0 fully saturated rings. The number of benzene rings is 1. The number of hydrogen-bond donors (Lipinski definition) is 1. The molecule has 72 valence electrons. The molecule has 0 amide bonds. The first-order valence-electron chi connectivity index (χ1n) is 3.86. The summed E-state index contributed by atoms with van der Waals surface area (Å²) in [5.41, 5.74) is 0.507. The molecule has 1 aromatic carbocycles. The van der Waals surface area contributed by atoms with Crippen molar-refractivity contribution < 1.29 is 9.50 Å². The molecule has 0 atom stereocenters. The Morgan fingerprint density at radius 2 is 2.21 bits per heavy atom. The Labute approximate surface area is 84.4 Å². The van der Waals surface area contributed by atoms with E-state index >= 15 is 0 Å². The minimum absolute atomic E-state index is 0.0281. The maximum atomic E-state index is 13.0. The van der Waals surface area contributed by atoms with E-state index in [1.807, 2.05) is 0 Å². The number of rotatable bonds is 1. The second kappa shape index (κ2) is 3.31. The highest BCUT2D eigenvalue weighted by Crippen LogP contribution is 2.18. The van der Waals surface area contributed by atoms with Crippen LogP contribution in [0.25, 0.3) is 5.69 Å². The summed E-state index contributed by atoms with van der Waals surface area (Å²) in [7, 11) is 0. The van der Waals surface area contributed by atoms with Crippen LogP contribution in [0, 0.1) is 5.82 Å². The second-order valence-corrected chi connectivity index (χ2v) is 3.15. The lowest BCUT2D eigenvalue weighted by atomic mass is 10.3. The second-order valence-electron chi connectivity index (χ2n) is 2.74. The van der Waals surface area contributed by atoms with Gasteiger partial charge in [0.05, 0.1) is 23.1 Å². The molecule has 1 heterocycles. The molecule has 0 aliphatic carbocycles. The smallest absolute Gasteiger partial charge is 0.153 e. The maximum Gasteiger partial charge on any atom is 0.153 e. The molecule has 2 aromatic rings. The fourth-order valence-corrected chi connectivity index (χ4v) is 1.20. The van der Waals surface area contributed by atoms with Crippen LogP contribution in [0.1, 0.15) is 0 Å². The van der Waals surface area contributed by atoms with E-state index in [4.69, 9.17) is 16.7 Å². The van der Waals surface area contributed by atoms with Crippen molar-refractivity contribution in [3.05, 3.63) is 41.4 Å². The Balaban J connectivity index is 2.47. The van der Waals surface area contributed by atoms with Crippen molar-refractivity contribution >= 4 is 11.6 Å². The SMILES string of the molecule is Oc1cnn(-c2ccc(Cl)c(F)c2)c1. The van der Waals surface area contributed by atoms with Gasteiger partial charge in [-0.15, -0.1) is 0 Å². The van der Waals surface area contributed by atoms with Gasteiger partial charge in [-0.1, -0.05) is 11.6 Å². The molecule has 0 radical (unpaired) electrons. The van der Waals surface area contributed by atoms with Crippen LogP contribution < -0.4 is 0 Å². The fraction of sp³-hybridized carbons (Fsp3) is 0. The van der Waals surface area contributed by atoms with Crippen molar-refractivity contribution in [2.75, 3.05) is 0 Å². The summed E-state index contributed by atoms with van der Waals surface area (Å²) >= 11 is 5.52. The van der Waals surface area contributed by atoms with Crippen LogP contribution in [-0.2, 0) is 0 Å². The van der Waals surface area contributed by atoms with E-state index < -0.39 is 5.82 Å². The molecule has 0 saturated heterocycles. The first kappa shape index (κ1) is 9.02. The van der Waals surface area contributed by atoms with Gasteiger partial charge in [0, 0.05) is 6.07 Å². The maximum absolute atomic E-state index is 13.0. The number of halogens is 2. The van der Waals surface area contributed by atoms with Gasteiger partial charge in [0.15, 0.2) is 5.75 Å². The highest BCUT2D eigenvalue weighted by Gasteiger charge is 2.03. The van der Waals surface area contributed by atoms with E-state index in [1.165, 1.54) is 29.2 Å². The van der Waals surface area contributed by atoms with Crippen molar-refractivity contribution in [2.24, 2.45) is 0 Å². The van der Waals surface area contributed by atoms with Gasteiger partial charge in [0.25, 0.3) is 0 Å². The zero-order chi connectivity index (χ0) is 10.1. The molecule has 5 heteroatoms. The molecule has 0 unspecified atom stereocenters. The van der Waals surface area contributed by atoms with Gasteiger partial charge in [-0.25, -0.2) is 9.07 Å². The lowest BCUT2D eigenvalue weighted by molar-refractivity contribution is 0.475. The summed E-state index contributed by atoms with van der Waals surface area (Å²) in [4.78, 5) is 0. The molecular formula is C9H6ClFN2O. The third kappa shape index (κ3) is 1.56. The molecule has 3 nitrogen and oxygen atoms in total. The Kier molecular flexibility index (Phi) is 2.13. The van der Waals surface area contributed by atoms with Crippen molar-refractivity contribution in [3.8, 4) is 11.4 Å². The predicted octanol–water partition coefficient (Wildman–Crippen LogP) is 2.37. The summed E-state index contributed by atoms with van der Waals surface area (Å²) in [6, 6.07) is 4.29. The van der Waals surface area contributed by atoms with Crippen molar-refractivity contribution in [3.63, 3.8) is 0 Å². The third-order valence-electron chi connectivity index (χ3n) is 1.74. The average Bonchev–Trinajstić information content (AvgIpc) is 2.57. The topological polar surface area (TPSA) is 38.1 Å². The van der Waals surface area contributed by atoms with Crippen LogP contribution in [0.2, 0.25) is 5.02 Å². The lowest BCUT2D eigenvalue weighted by Crippen LogP contribution is -1.94. The van der Waals surface area contributed by atoms with Gasteiger partial charge in [0.1, 0.15) is 5.82 Å². The lowest BCUT2D eigenvalue weighted by Gasteiger charge is -2.01. The molecule has 0 aliphatic heterocycles. The van der Waals surface area contributed by atoms with Crippen molar-refractivity contribution in [1.29, 1.82) is 0 Å². The first-order chi connectivity index (χ1) is 6.66. The zero-order valence-corrected chi connectivity index (χ0v) is 7.74. The molecule has 0 aliphatic rings. The Morgan fingerprint density at radius 3 is 2.79 bits per heavy atom. The Morgan fingerprint density at radius 1 is 1.43 bits per heavy atom. The summed E-state index contributed by atoms with van der Waals surface area (Å²) in [6.07, 6.45) is 2.65. The van der Waals surface area contributed by atoms with Crippen molar-refractivity contribution in [1.82, 2.24) is 9.78 Å². The highest BCUT2D eigenvalue weighted by molar-refractivity contribution is 6.30. The van der Waals surface area contributed by atoms with Crippen LogP contribution in [0.15, 0.2) is 30.6 Å². The predicted molar refractivity (Wildman–Crippen MR) is 50.2 cm³/mol. The number of aromatic hydroxyl groups is 1. The van der Waals surface area contributed by atoms with E-state index in [2.05, 4.69) is 5.10 Å². The number of nitrogens with zero attached hydrogens (tertiary/aromatic N) is 2. The van der Waals surface area contributed by atoms with E-state index in [9.17, 15) is 4.39 Å². The number of aromatic nitrogens is 2. The number of hydrogen-bond acceptors (Lipinski definition) is 2. The Hall–Kier alpha value is -1.55. The third-order valence-corrected chi connectivity index (χ3v) is 2.04. The van der Waals surface area contributed by atoms with E-state index in [-0.39, 0.29) is 10.8 Å². The average molecular weight is 213 g/mol. The molecule has 0 spiro atoms. The van der Waals surface area contributed by atoms with Crippen LogP contribution >= 0.6 is 11.6 Å². The Bertz CT molecular complexity index is 470. The molecule has 0 saturated carbocycles. The molecular weight excluding hydrogens is 207 g/mol. The molecule has 1 N–H and O–H groups in total. The molecule has 14 heavy (non-hydrogen) atoms. The monoisotopic (exact) mass is 212 g/mol. The highest BCUT2D eigenvalue weighted by atomic mass is 35.5. The van der Waals surface area contributed by atoms with Gasteiger partial charge < -0.3 is 5.11 Å². The minimum Gasteiger partial charge on any atom is -0.505 e. The summed E-state index contributed by atoms with van der Waals surface area (Å²) < 4.78 is 14.4. The van der Waals surface area contributed by atoms with Crippen molar-refractivity contribution in [2.45, 2.75) is 0 Å². The fourth-order valence-electron chi connectivity index (χ4n) is 1.08. The summed E-state index contributed by atoms with van der Waals surface area (Å²) in [5.74, 6) is -0.487. The van der Waals surface area contributed by atoms with E-state index in [0.717, 1.165) is 0 Å². The largest absolute Gasteiger partial charge is 0.505 e. The molecule has 2 rings (SSSR count). The molecule has 0 bridgehead atoms. The van der Waals surface area contributed by atoms with E-state index in [0.29, 0.717) is 5.69 Å². The van der Waals surface area contributed by atoms with Gasteiger partial charge in [-0.05, 0) is 12.1 Å². The van der Waals surface area contributed by atoms with Gasteiger partial charge in [-0.2, -0.15) is 5.10 Å². The normalized spacial score (nSPS) is 10.4. The minimum atomic E-state index is -0.515. The molecule has 1 aromatic heterocycles. The van der Waals surface area contributed by atoms with Crippen LogP contribution in [-0.4, -0.2) is 14.9 Å². The van der Waals surface area contributed by atoms with Gasteiger partial charge >= 0.3 is 0 Å². The van der Waals surface area contributed by atoms with Crippen LogP contribution in [0.5, 0.6) is 5.75 Å². The standard InChI is InChI=1S/C9H6ClFN2O/c10-8-2-1-6(3-9(8)11)13-5-7(14)4-12-13/h1-5,14H. The quantitative estimate of drug-likeness (QED) is 0.788. The van der Waals surface area contributed by atoms with Gasteiger partial charge in [-0.3, -0.25) is 0 Å². The summed E-state index contributed by atoms with van der Waals surface area (Å²) in [5, 5.41) is 12.9. The van der Waals surface area contributed by atoms with Crippen LogP contribution in [0.4, 0.5) is 4.39 Å². The van der Waals surface area contributed by atoms with Crippen LogP contribution in [0.3, 0.4) is 0 Å².